The van der Waals surface area contributed by atoms with Crippen LogP contribution in [0.3, 0.4) is 0 Å². The standard InChI is InChI=1S/C11H21NO3/c1-3-4-6-11(10(13)14-2)9-15-8-5-7-12-11/h12H,3-9H2,1-2H3. The molecule has 4 nitrogen and oxygen atoms in total. The molecule has 1 atom stereocenters. The molecule has 1 unspecified atom stereocenters. The molecule has 1 rings (SSSR count). The van der Waals surface area contributed by atoms with Gasteiger partial charge in [0.2, 0.25) is 0 Å². The largest absolute Gasteiger partial charge is 0.468 e. The Morgan fingerprint density at radius 3 is 3.07 bits per heavy atom. The number of carbonyl (C=O) groups excluding carboxylic acids is 1. The quantitative estimate of drug-likeness (QED) is 0.713. The molecule has 1 fully saturated rings. The van der Waals surface area contributed by atoms with Crippen molar-refractivity contribution in [2.75, 3.05) is 26.9 Å². The molecule has 0 amide bonds. The Morgan fingerprint density at radius 2 is 2.40 bits per heavy atom. The number of hydrogen-bond acceptors (Lipinski definition) is 4. The van der Waals surface area contributed by atoms with Gasteiger partial charge in [-0.05, 0) is 19.4 Å². The first-order valence-electron chi connectivity index (χ1n) is 5.66. The number of esters is 1. The Balaban J connectivity index is 2.68. The Morgan fingerprint density at radius 1 is 1.60 bits per heavy atom. The van der Waals surface area contributed by atoms with Crippen LogP contribution >= 0.6 is 0 Å². The minimum absolute atomic E-state index is 0.196. The first-order chi connectivity index (χ1) is 7.25. The van der Waals surface area contributed by atoms with E-state index in [0.29, 0.717) is 6.61 Å². The number of ether oxygens (including phenoxy) is 2. The molecular formula is C11H21NO3. The fourth-order valence-electron chi connectivity index (χ4n) is 1.87. The zero-order chi connectivity index (χ0) is 11.1. The number of carbonyl (C=O) groups is 1. The molecule has 1 heterocycles. The van der Waals surface area contributed by atoms with Gasteiger partial charge in [-0.25, -0.2) is 4.79 Å². The van der Waals surface area contributed by atoms with E-state index in [1.54, 1.807) is 0 Å². The molecule has 0 aliphatic carbocycles. The van der Waals surface area contributed by atoms with Gasteiger partial charge in [0.05, 0.1) is 13.7 Å². The summed E-state index contributed by atoms with van der Waals surface area (Å²) in [6.45, 7) is 4.08. The second-order valence-corrected chi connectivity index (χ2v) is 4.01. The van der Waals surface area contributed by atoms with Crippen LogP contribution in [0.5, 0.6) is 0 Å². The molecule has 4 heteroatoms. The molecule has 1 N–H and O–H groups in total. The molecule has 1 aliphatic heterocycles. The minimum atomic E-state index is -0.610. The van der Waals surface area contributed by atoms with Crippen molar-refractivity contribution in [2.24, 2.45) is 0 Å². The van der Waals surface area contributed by atoms with Crippen LogP contribution in [0, 0.1) is 0 Å². The molecule has 0 radical (unpaired) electrons. The van der Waals surface area contributed by atoms with Gasteiger partial charge in [-0.2, -0.15) is 0 Å². The SMILES string of the molecule is CCCCC1(C(=O)OC)COCCCN1. The molecule has 88 valence electrons. The summed E-state index contributed by atoms with van der Waals surface area (Å²) in [6.07, 6.45) is 3.81. The van der Waals surface area contributed by atoms with Crippen LogP contribution < -0.4 is 5.32 Å². The number of unbranched alkanes of at least 4 members (excludes halogenated alkanes) is 1. The summed E-state index contributed by atoms with van der Waals surface area (Å²) in [5.41, 5.74) is -0.610. The Kier molecular flexibility index (Phi) is 5.05. The molecule has 15 heavy (non-hydrogen) atoms. The molecular weight excluding hydrogens is 194 g/mol. The lowest BCUT2D eigenvalue weighted by Gasteiger charge is -2.29. The van der Waals surface area contributed by atoms with Crippen molar-refractivity contribution in [3.63, 3.8) is 0 Å². The van der Waals surface area contributed by atoms with Gasteiger partial charge in [0.25, 0.3) is 0 Å². The maximum atomic E-state index is 11.8. The monoisotopic (exact) mass is 215 g/mol. The summed E-state index contributed by atoms with van der Waals surface area (Å²) in [4.78, 5) is 11.8. The molecule has 0 aromatic heterocycles. The van der Waals surface area contributed by atoms with Crippen LogP contribution in [0.15, 0.2) is 0 Å². The van der Waals surface area contributed by atoms with Gasteiger partial charge in [-0.15, -0.1) is 0 Å². The summed E-state index contributed by atoms with van der Waals surface area (Å²) < 4.78 is 10.3. The van der Waals surface area contributed by atoms with Gasteiger partial charge in [-0.1, -0.05) is 19.8 Å². The van der Waals surface area contributed by atoms with Crippen molar-refractivity contribution >= 4 is 5.97 Å². The molecule has 0 bridgehead atoms. The maximum absolute atomic E-state index is 11.8. The summed E-state index contributed by atoms with van der Waals surface area (Å²) in [5, 5.41) is 3.28. The van der Waals surface area contributed by atoms with Crippen molar-refractivity contribution in [2.45, 2.75) is 38.1 Å². The third-order valence-electron chi connectivity index (χ3n) is 2.81. The lowest BCUT2D eigenvalue weighted by molar-refractivity contribution is -0.151. The van der Waals surface area contributed by atoms with Crippen molar-refractivity contribution in [3.8, 4) is 0 Å². The van der Waals surface area contributed by atoms with Crippen molar-refractivity contribution in [3.05, 3.63) is 0 Å². The average molecular weight is 215 g/mol. The first kappa shape index (κ1) is 12.5. The fourth-order valence-corrected chi connectivity index (χ4v) is 1.87. The predicted molar refractivity (Wildman–Crippen MR) is 57.7 cm³/mol. The van der Waals surface area contributed by atoms with E-state index in [9.17, 15) is 4.79 Å². The van der Waals surface area contributed by atoms with Crippen molar-refractivity contribution < 1.29 is 14.3 Å². The van der Waals surface area contributed by atoms with Gasteiger partial charge in [-0.3, -0.25) is 5.32 Å². The molecule has 0 aromatic carbocycles. The highest BCUT2D eigenvalue weighted by molar-refractivity contribution is 5.81. The highest BCUT2D eigenvalue weighted by Crippen LogP contribution is 2.19. The molecule has 0 spiro atoms. The second-order valence-electron chi connectivity index (χ2n) is 4.01. The van der Waals surface area contributed by atoms with Crippen LogP contribution in [0.4, 0.5) is 0 Å². The molecule has 0 aromatic rings. The molecule has 1 aliphatic rings. The van der Waals surface area contributed by atoms with Gasteiger partial charge in [0.1, 0.15) is 5.54 Å². The second kappa shape index (κ2) is 6.08. The lowest BCUT2D eigenvalue weighted by Crippen LogP contribution is -2.55. The van der Waals surface area contributed by atoms with Crippen LogP contribution in [-0.2, 0) is 14.3 Å². The third kappa shape index (κ3) is 3.18. The first-order valence-corrected chi connectivity index (χ1v) is 5.66. The number of rotatable bonds is 4. The highest BCUT2D eigenvalue weighted by atomic mass is 16.5. The highest BCUT2D eigenvalue weighted by Gasteiger charge is 2.39. The maximum Gasteiger partial charge on any atom is 0.328 e. The number of methoxy groups -OCH3 is 1. The van der Waals surface area contributed by atoms with E-state index in [2.05, 4.69) is 12.2 Å². The van der Waals surface area contributed by atoms with E-state index >= 15 is 0 Å². The number of nitrogens with one attached hydrogen (secondary N) is 1. The van der Waals surface area contributed by atoms with E-state index in [1.807, 2.05) is 0 Å². The van der Waals surface area contributed by atoms with Crippen molar-refractivity contribution in [1.29, 1.82) is 0 Å². The van der Waals surface area contributed by atoms with Gasteiger partial charge in [0.15, 0.2) is 0 Å². The lowest BCUT2D eigenvalue weighted by atomic mass is 9.93. The zero-order valence-electron chi connectivity index (χ0n) is 9.67. The Bertz CT molecular complexity index is 198. The summed E-state index contributed by atoms with van der Waals surface area (Å²) >= 11 is 0. The van der Waals surface area contributed by atoms with Crippen molar-refractivity contribution in [1.82, 2.24) is 5.32 Å². The average Bonchev–Trinajstić information content (AvgIpc) is 2.51. The van der Waals surface area contributed by atoms with Crippen LogP contribution in [0.25, 0.3) is 0 Å². The van der Waals surface area contributed by atoms with E-state index in [-0.39, 0.29) is 5.97 Å². The van der Waals surface area contributed by atoms with E-state index in [4.69, 9.17) is 9.47 Å². The predicted octanol–water partition coefficient (Wildman–Crippen LogP) is 1.10. The summed E-state index contributed by atoms with van der Waals surface area (Å²) in [6, 6.07) is 0. The smallest absolute Gasteiger partial charge is 0.328 e. The Labute approximate surface area is 91.3 Å². The van der Waals surface area contributed by atoms with Gasteiger partial charge in [0, 0.05) is 6.61 Å². The van der Waals surface area contributed by atoms with Crippen LogP contribution in [0.1, 0.15) is 32.6 Å². The summed E-state index contributed by atoms with van der Waals surface area (Å²) in [5.74, 6) is -0.196. The fraction of sp³-hybridized carbons (Fsp3) is 0.909. The van der Waals surface area contributed by atoms with E-state index in [1.165, 1.54) is 7.11 Å². The van der Waals surface area contributed by atoms with Gasteiger partial charge < -0.3 is 9.47 Å². The minimum Gasteiger partial charge on any atom is -0.468 e. The summed E-state index contributed by atoms with van der Waals surface area (Å²) in [7, 11) is 1.43. The molecule has 0 saturated carbocycles. The number of hydrogen-bond donors (Lipinski definition) is 1. The molecule has 1 saturated heterocycles. The topological polar surface area (TPSA) is 47.6 Å². The van der Waals surface area contributed by atoms with Crippen LogP contribution in [-0.4, -0.2) is 38.4 Å². The Hall–Kier alpha value is -0.610. The van der Waals surface area contributed by atoms with Gasteiger partial charge >= 0.3 is 5.97 Å². The van der Waals surface area contributed by atoms with E-state index < -0.39 is 5.54 Å². The zero-order valence-corrected chi connectivity index (χ0v) is 9.67. The third-order valence-corrected chi connectivity index (χ3v) is 2.81. The normalized spacial score (nSPS) is 27.1. The van der Waals surface area contributed by atoms with Crippen LogP contribution in [0.2, 0.25) is 0 Å². The van der Waals surface area contributed by atoms with E-state index in [0.717, 1.165) is 38.8 Å².